The molecule has 1 aromatic heterocycles. The first kappa shape index (κ1) is 22.3. The van der Waals surface area contributed by atoms with Crippen molar-refractivity contribution in [1.82, 2.24) is 8.87 Å². The Morgan fingerprint density at radius 1 is 1.16 bits per heavy atom. The van der Waals surface area contributed by atoms with Crippen LogP contribution in [0.15, 0.2) is 56.6 Å². The molecule has 0 bridgehead atoms. The van der Waals surface area contributed by atoms with E-state index in [-0.39, 0.29) is 22.9 Å². The molecular weight excluding hydrogens is 430 g/mol. The van der Waals surface area contributed by atoms with Crippen LogP contribution in [0.2, 0.25) is 0 Å². The minimum Gasteiger partial charge on any atom is -0.408 e. The van der Waals surface area contributed by atoms with E-state index in [1.54, 1.807) is 13.1 Å². The molecule has 2 aromatic carbocycles. The Morgan fingerprint density at radius 3 is 2.56 bits per heavy atom. The summed E-state index contributed by atoms with van der Waals surface area (Å²) in [7, 11) is -2.27. The summed E-state index contributed by atoms with van der Waals surface area (Å²) in [4.78, 5) is 24.6. The first-order valence-electron chi connectivity index (χ1n) is 10.7. The number of amides is 1. The molecule has 4 rings (SSSR count). The highest BCUT2D eigenvalue weighted by molar-refractivity contribution is 7.89. The zero-order chi connectivity index (χ0) is 23.0. The average Bonchev–Trinajstić information content (AvgIpc) is 3.07. The second kappa shape index (κ2) is 8.55. The number of benzene rings is 2. The Labute approximate surface area is 186 Å². The quantitative estimate of drug-likeness (QED) is 0.633. The number of hydrogen-bond acceptors (Lipinski definition) is 5. The van der Waals surface area contributed by atoms with Crippen LogP contribution in [0.4, 0.5) is 5.69 Å². The van der Waals surface area contributed by atoms with Crippen LogP contribution in [-0.2, 0) is 21.9 Å². The van der Waals surface area contributed by atoms with Gasteiger partial charge in [-0.15, -0.1) is 0 Å². The maximum atomic E-state index is 13.2. The first-order valence-corrected chi connectivity index (χ1v) is 12.1. The van der Waals surface area contributed by atoms with Crippen LogP contribution in [0.3, 0.4) is 0 Å². The number of rotatable bonds is 5. The Hall–Kier alpha value is -2.91. The fourth-order valence-electron chi connectivity index (χ4n) is 3.99. The van der Waals surface area contributed by atoms with Crippen molar-refractivity contribution in [1.29, 1.82) is 0 Å². The Balaban J connectivity index is 1.50. The predicted octanol–water partition coefficient (Wildman–Crippen LogP) is 3.29. The van der Waals surface area contributed by atoms with Crippen molar-refractivity contribution >= 4 is 32.7 Å². The number of aryl methyl sites for hydroxylation is 1. The number of anilines is 1. The van der Waals surface area contributed by atoms with Crippen molar-refractivity contribution in [3.8, 4) is 0 Å². The maximum Gasteiger partial charge on any atom is 0.419 e. The Morgan fingerprint density at radius 2 is 1.88 bits per heavy atom. The van der Waals surface area contributed by atoms with Crippen LogP contribution in [-0.4, -0.2) is 36.3 Å². The largest absolute Gasteiger partial charge is 0.419 e. The summed E-state index contributed by atoms with van der Waals surface area (Å²) in [5.41, 5.74) is 2.62. The number of piperidine rings is 1. The molecule has 0 radical (unpaired) electrons. The van der Waals surface area contributed by atoms with E-state index in [1.807, 2.05) is 24.3 Å². The summed E-state index contributed by atoms with van der Waals surface area (Å²) in [6, 6.07) is 12.1. The number of carbonyl (C=O) groups excluding carboxylic acids is 1. The number of carbonyl (C=O) groups is 1. The maximum absolute atomic E-state index is 13.2. The van der Waals surface area contributed by atoms with Gasteiger partial charge in [-0.05, 0) is 48.6 Å². The highest BCUT2D eigenvalue weighted by atomic mass is 32.2. The van der Waals surface area contributed by atoms with Crippen molar-refractivity contribution in [2.24, 2.45) is 13.0 Å². The summed E-state index contributed by atoms with van der Waals surface area (Å²) in [6.45, 7) is 4.66. The Kier molecular flexibility index (Phi) is 5.96. The number of fused-ring (bicyclic) bond motifs is 1. The number of hydrogen-bond donors (Lipinski definition) is 1. The van der Waals surface area contributed by atoms with Crippen LogP contribution < -0.4 is 11.1 Å². The third kappa shape index (κ3) is 4.22. The van der Waals surface area contributed by atoms with Crippen molar-refractivity contribution in [3.63, 3.8) is 0 Å². The molecule has 1 aliphatic rings. The van der Waals surface area contributed by atoms with Gasteiger partial charge in [0.2, 0.25) is 15.9 Å². The van der Waals surface area contributed by atoms with E-state index in [2.05, 4.69) is 19.2 Å². The van der Waals surface area contributed by atoms with Gasteiger partial charge >= 0.3 is 5.76 Å². The lowest BCUT2D eigenvalue weighted by atomic mass is 9.98. The summed E-state index contributed by atoms with van der Waals surface area (Å²) in [5.74, 6) is -0.779. The molecule has 2 heterocycles. The van der Waals surface area contributed by atoms with E-state index in [0.29, 0.717) is 36.5 Å². The van der Waals surface area contributed by atoms with Crippen LogP contribution in [0.5, 0.6) is 0 Å². The van der Waals surface area contributed by atoms with Gasteiger partial charge in [0.15, 0.2) is 5.58 Å². The van der Waals surface area contributed by atoms with Gasteiger partial charge in [0.25, 0.3) is 0 Å². The molecule has 32 heavy (non-hydrogen) atoms. The van der Waals surface area contributed by atoms with E-state index < -0.39 is 21.7 Å². The van der Waals surface area contributed by atoms with Gasteiger partial charge in [0.05, 0.1) is 16.3 Å². The number of nitrogens with zero attached hydrogens (tertiary/aromatic N) is 2. The lowest BCUT2D eigenvalue weighted by Crippen LogP contribution is -2.43. The summed E-state index contributed by atoms with van der Waals surface area (Å²) < 4.78 is 34.2. The Bertz CT molecular complexity index is 1310. The molecule has 0 unspecified atom stereocenters. The van der Waals surface area contributed by atoms with Crippen molar-refractivity contribution in [2.75, 3.05) is 18.4 Å². The smallest absolute Gasteiger partial charge is 0.408 e. The second-order valence-corrected chi connectivity index (χ2v) is 10.5. The van der Waals surface area contributed by atoms with Gasteiger partial charge in [-0.25, -0.2) is 13.2 Å². The molecule has 1 aliphatic heterocycles. The van der Waals surface area contributed by atoms with E-state index in [4.69, 9.17) is 4.42 Å². The van der Waals surface area contributed by atoms with Crippen LogP contribution in [0.1, 0.15) is 38.2 Å². The molecule has 9 heteroatoms. The number of aromatic nitrogens is 1. The minimum absolute atomic E-state index is 0.0460. The highest BCUT2D eigenvalue weighted by Gasteiger charge is 2.33. The third-order valence-electron chi connectivity index (χ3n) is 6.00. The van der Waals surface area contributed by atoms with Gasteiger partial charge in [0.1, 0.15) is 0 Å². The molecule has 0 aliphatic carbocycles. The highest BCUT2D eigenvalue weighted by Crippen LogP contribution is 2.27. The van der Waals surface area contributed by atoms with Crippen molar-refractivity contribution in [2.45, 2.75) is 37.5 Å². The molecule has 1 fully saturated rings. The molecule has 0 spiro atoms. The lowest BCUT2D eigenvalue weighted by molar-refractivity contribution is -0.120. The zero-order valence-corrected chi connectivity index (χ0v) is 19.2. The number of oxazole rings is 1. The monoisotopic (exact) mass is 457 g/mol. The van der Waals surface area contributed by atoms with E-state index in [1.165, 1.54) is 26.6 Å². The fourth-order valence-corrected chi connectivity index (χ4v) is 5.53. The third-order valence-corrected chi connectivity index (χ3v) is 7.86. The summed E-state index contributed by atoms with van der Waals surface area (Å²) in [6.07, 6.45) is 1.21. The van der Waals surface area contributed by atoms with Gasteiger partial charge in [-0.2, -0.15) is 4.31 Å². The SMILES string of the molecule is CC(C)c1ccc(NC(=O)[C@@H]2CCCN(S(=O)(=O)c3ccc4c(c3)oc(=O)n4C)C2)cc1. The summed E-state index contributed by atoms with van der Waals surface area (Å²) in [5, 5.41) is 2.91. The topological polar surface area (TPSA) is 102 Å². The normalized spacial score (nSPS) is 17.7. The minimum atomic E-state index is -3.83. The molecule has 3 aromatic rings. The average molecular weight is 458 g/mol. The van der Waals surface area contributed by atoms with Gasteiger partial charge in [0, 0.05) is 31.9 Å². The number of sulfonamides is 1. The molecule has 170 valence electrons. The van der Waals surface area contributed by atoms with Crippen LogP contribution >= 0.6 is 0 Å². The van der Waals surface area contributed by atoms with Gasteiger partial charge in [-0.1, -0.05) is 26.0 Å². The molecular formula is C23H27N3O5S. The number of nitrogens with one attached hydrogen (secondary N) is 1. The van der Waals surface area contributed by atoms with E-state index in [0.717, 1.165) is 0 Å². The molecule has 0 saturated carbocycles. The van der Waals surface area contributed by atoms with Gasteiger partial charge in [-0.3, -0.25) is 9.36 Å². The first-order chi connectivity index (χ1) is 15.2. The lowest BCUT2D eigenvalue weighted by Gasteiger charge is -2.31. The van der Waals surface area contributed by atoms with Crippen LogP contribution in [0.25, 0.3) is 11.1 Å². The molecule has 1 N–H and O–H groups in total. The molecule has 8 nitrogen and oxygen atoms in total. The van der Waals surface area contributed by atoms with E-state index in [9.17, 15) is 18.0 Å². The zero-order valence-electron chi connectivity index (χ0n) is 18.4. The fraction of sp³-hybridized carbons (Fsp3) is 0.391. The van der Waals surface area contributed by atoms with Crippen LogP contribution in [0, 0.1) is 5.92 Å². The molecule has 1 atom stereocenters. The standard InChI is InChI=1S/C23H27N3O5S/c1-15(2)16-6-8-18(9-7-16)24-22(27)17-5-4-12-26(14-17)32(29,30)19-10-11-20-21(13-19)31-23(28)25(20)3/h6-11,13,15,17H,4-5,12,14H2,1-3H3,(H,24,27)/t17-/m1/s1. The summed E-state index contributed by atoms with van der Waals surface area (Å²) >= 11 is 0. The predicted molar refractivity (Wildman–Crippen MR) is 122 cm³/mol. The van der Waals surface area contributed by atoms with Gasteiger partial charge < -0.3 is 9.73 Å². The second-order valence-electron chi connectivity index (χ2n) is 8.52. The van der Waals surface area contributed by atoms with Crippen molar-refractivity contribution in [3.05, 3.63) is 58.6 Å². The molecule has 1 amide bonds. The van der Waals surface area contributed by atoms with E-state index >= 15 is 0 Å². The molecule has 1 saturated heterocycles. The van der Waals surface area contributed by atoms with Crippen molar-refractivity contribution < 1.29 is 17.6 Å².